The molecule has 0 unspecified atom stereocenters. The molecule has 2 rings (SSSR count). The van der Waals surface area contributed by atoms with Gasteiger partial charge < -0.3 is 14.6 Å². The minimum absolute atomic E-state index is 0.133. The molecule has 0 aliphatic rings. The van der Waals surface area contributed by atoms with Crippen molar-refractivity contribution in [3.63, 3.8) is 0 Å². The van der Waals surface area contributed by atoms with E-state index in [1.165, 1.54) is 29.4 Å². The second kappa shape index (κ2) is 11.7. The largest absolute Gasteiger partial charge is 0.508 e. The van der Waals surface area contributed by atoms with Crippen LogP contribution in [0.3, 0.4) is 0 Å². The summed E-state index contributed by atoms with van der Waals surface area (Å²) >= 11 is 0. The van der Waals surface area contributed by atoms with Crippen LogP contribution >= 0.6 is 0 Å². The maximum absolute atomic E-state index is 12.2. The zero-order valence-corrected chi connectivity index (χ0v) is 18.1. The zero-order chi connectivity index (χ0) is 21.9. The number of carbonyl (C=O) groups excluding carboxylic acids is 1. The Morgan fingerprint density at radius 3 is 2.40 bits per heavy atom. The molecule has 1 N–H and O–H groups in total. The lowest BCUT2D eigenvalue weighted by molar-refractivity contribution is 0.104. The Hall–Kier alpha value is -3.27. The van der Waals surface area contributed by atoms with Crippen molar-refractivity contribution >= 4 is 11.9 Å². The van der Waals surface area contributed by atoms with Gasteiger partial charge in [0.1, 0.15) is 12.4 Å². The van der Waals surface area contributed by atoms with Gasteiger partial charge in [0, 0.05) is 5.56 Å². The van der Waals surface area contributed by atoms with Crippen molar-refractivity contribution < 1.29 is 19.4 Å². The number of rotatable bonds is 10. The second-order valence-electron chi connectivity index (χ2n) is 7.34. The minimum Gasteiger partial charge on any atom is -0.508 e. The summed E-state index contributed by atoms with van der Waals surface area (Å²) < 4.78 is 11.3. The van der Waals surface area contributed by atoms with E-state index in [0.717, 1.165) is 18.4 Å². The number of allylic oxidation sites excluding steroid dienone is 4. The maximum atomic E-state index is 12.2. The van der Waals surface area contributed by atoms with Crippen LogP contribution in [-0.4, -0.2) is 24.6 Å². The Morgan fingerprint density at radius 1 is 1.00 bits per heavy atom. The molecule has 0 heterocycles. The van der Waals surface area contributed by atoms with Gasteiger partial charge in [-0.3, -0.25) is 4.79 Å². The molecular weight excluding hydrogens is 376 g/mol. The summed E-state index contributed by atoms with van der Waals surface area (Å²) in [6.07, 6.45) is 9.61. The first-order chi connectivity index (χ1) is 14.4. The molecule has 0 bridgehead atoms. The number of hydrogen-bond donors (Lipinski definition) is 1. The smallest absolute Gasteiger partial charge is 0.185 e. The maximum Gasteiger partial charge on any atom is 0.185 e. The molecule has 0 saturated heterocycles. The lowest BCUT2D eigenvalue weighted by Gasteiger charge is -2.10. The van der Waals surface area contributed by atoms with E-state index < -0.39 is 0 Å². The van der Waals surface area contributed by atoms with Crippen LogP contribution in [0.2, 0.25) is 0 Å². The molecule has 0 aromatic heterocycles. The molecule has 0 radical (unpaired) electrons. The molecule has 2 aromatic carbocycles. The third kappa shape index (κ3) is 7.63. The third-order valence-electron chi connectivity index (χ3n) is 4.53. The average Bonchev–Trinajstić information content (AvgIpc) is 2.72. The topological polar surface area (TPSA) is 55.8 Å². The lowest BCUT2D eigenvalue weighted by Crippen LogP contribution is -1.98. The Kier molecular flexibility index (Phi) is 8.95. The fourth-order valence-electron chi connectivity index (χ4n) is 2.77. The standard InChI is InChI=1S/C26H30O4/c1-19(2)6-5-7-20(3)16-17-30-25-15-9-21(18-26(25)29-4)8-14-24(28)22-10-12-23(27)13-11-22/h6,8-16,18,27H,5,7,17H2,1-4H3/b14-8+,20-16+. The first-order valence-corrected chi connectivity index (χ1v) is 10.0. The van der Waals surface area contributed by atoms with Crippen LogP contribution in [0.15, 0.2) is 71.8 Å². The van der Waals surface area contributed by atoms with Crippen LogP contribution in [0.25, 0.3) is 6.08 Å². The summed E-state index contributed by atoms with van der Waals surface area (Å²) in [5.74, 6) is 1.27. The summed E-state index contributed by atoms with van der Waals surface area (Å²) in [7, 11) is 1.60. The molecule has 0 saturated carbocycles. The Labute approximate surface area is 179 Å². The van der Waals surface area contributed by atoms with Gasteiger partial charge >= 0.3 is 0 Å². The van der Waals surface area contributed by atoms with E-state index >= 15 is 0 Å². The first-order valence-electron chi connectivity index (χ1n) is 10.0. The predicted molar refractivity (Wildman–Crippen MR) is 122 cm³/mol. The highest BCUT2D eigenvalue weighted by Crippen LogP contribution is 2.28. The van der Waals surface area contributed by atoms with Crippen LogP contribution in [0, 0.1) is 0 Å². The zero-order valence-electron chi connectivity index (χ0n) is 18.1. The van der Waals surface area contributed by atoms with Gasteiger partial charge in [0.25, 0.3) is 0 Å². The van der Waals surface area contributed by atoms with Gasteiger partial charge in [-0.1, -0.05) is 29.4 Å². The van der Waals surface area contributed by atoms with E-state index in [0.29, 0.717) is 23.7 Å². The first kappa shape index (κ1) is 23.0. The molecule has 0 aliphatic heterocycles. The number of ketones is 1. The molecule has 2 aromatic rings. The lowest BCUT2D eigenvalue weighted by atomic mass is 10.1. The van der Waals surface area contributed by atoms with E-state index in [1.54, 1.807) is 25.3 Å². The Morgan fingerprint density at radius 2 is 1.73 bits per heavy atom. The van der Waals surface area contributed by atoms with Crippen molar-refractivity contribution in [1.29, 1.82) is 0 Å². The summed E-state index contributed by atoms with van der Waals surface area (Å²) in [6, 6.07) is 11.7. The van der Waals surface area contributed by atoms with Crippen molar-refractivity contribution in [2.24, 2.45) is 0 Å². The fourth-order valence-corrected chi connectivity index (χ4v) is 2.77. The van der Waals surface area contributed by atoms with Crippen LogP contribution < -0.4 is 9.47 Å². The van der Waals surface area contributed by atoms with E-state index in [-0.39, 0.29) is 11.5 Å². The fraction of sp³-hybridized carbons (Fsp3) is 0.269. The molecule has 4 nitrogen and oxygen atoms in total. The van der Waals surface area contributed by atoms with Crippen LogP contribution in [-0.2, 0) is 0 Å². The van der Waals surface area contributed by atoms with E-state index in [1.807, 2.05) is 18.2 Å². The van der Waals surface area contributed by atoms with Gasteiger partial charge in [0.2, 0.25) is 0 Å². The number of ether oxygens (including phenoxy) is 2. The summed E-state index contributed by atoms with van der Waals surface area (Å²) in [6.45, 7) is 6.80. The molecule has 0 fully saturated rings. The van der Waals surface area contributed by atoms with Crippen molar-refractivity contribution in [1.82, 2.24) is 0 Å². The highest BCUT2D eigenvalue weighted by atomic mass is 16.5. The van der Waals surface area contributed by atoms with E-state index in [2.05, 4.69) is 32.9 Å². The molecule has 30 heavy (non-hydrogen) atoms. The van der Waals surface area contributed by atoms with Crippen LogP contribution in [0.5, 0.6) is 17.2 Å². The number of hydrogen-bond acceptors (Lipinski definition) is 4. The summed E-state index contributed by atoms with van der Waals surface area (Å²) in [4.78, 5) is 12.2. The predicted octanol–water partition coefficient (Wildman–Crippen LogP) is 6.37. The highest BCUT2D eigenvalue weighted by Gasteiger charge is 2.06. The molecule has 0 aliphatic carbocycles. The molecule has 0 spiro atoms. The van der Waals surface area contributed by atoms with Gasteiger partial charge in [-0.2, -0.15) is 0 Å². The van der Waals surface area contributed by atoms with Crippen molar-refractivity contribution in [3.05, 3.63) is 83.0 Å². The van der Waals surface area contributed by atoms with Gasteiger partial charge in [0.15, 0.2) is 17.3 Å². The summed E-state index contributed by atoms with van der Waals surface area (Å²) in [5.41, 5.74) is 3.98. The van der Waals surface area contributed by atoms with Crippen molar-refractivity contribution in [2.45, 2.75) is 33.6 Å². The molecule has 0 amide bonds. The third-order valence-corrected chi connectivity index (χ3v) is 4.53. The van der Waals surface area contributed by atoms with E-state index in [9.17, 15) is 9.90 Å². The Balaban J connectivity index is 1.98. The number of phenolic OH excluding ortho intramolecular Hbond substituents is 1. The van der Waals surface area contributed by atoms with Crippen molar-refractivity contribution in [2.75, 3.05) is 13.7 Å². The Bertz CT molecular complexity index is 930. The quantitative estimate of drug-likeness (QED) is 0.283. The monoisotopic (exact) mass is 406 g/mol. The molecule has 0 atom stereocenters. The number of methoxy groups -OCH3 is 1. The second-order valence-corrected chi connectivity index (χ2v) is 7.34. The van der Waals surface area contributed by atoms with Crippen LogP contribution in [0.1, 0.15) is 49.5 Å². The number of carbonyl (C=O) groups is 1. The van der Waals surface area contributed by atoms with Crippen molar-refractivity contribution in [3.8, 4) is 17.2 Å². The number of aromatic hydroxyl groups is 1. The van der Waals surface area contributed by atoms with Crippen LogP contribution in [0.4, 0.5) is 0 Å². The molecule has 158 valence electrons. The average molecular weight is 407 g/mol. The molecular formula is C26H30O4. The number of benzene rings is 2. The SMILES string of the molecule is COc1cc(/C=C/C(=O)c2ccc(O)cc2)ccc1OC/C=C(\C)CCC=C(C)C. The van der Waals surface area contributed by atoms with Gasteiger partial charge in [0.05, 0.1) is 7.11 Å². The van der Waals surface area contributed by atoms with Gasteiger partial charge in [-0.25, -0.2) is 0 Å². The highest BCUT2D eigenvalue weighted by molar-refractivity contribution is 6.06. The minimum atomic E-state index is -0.136. The van der Waals surface area contributed by atoms with E-state index in [4.69, 9.17) is 9.47 Å². The normalized spacial score (nSPS) is 11.4. The summed E-state index contributed by atoms with van der Waals surface area (Å²) in [5, 5.41) is 9.32. The number of phenols is 1. The van der Waals surface area contributed by atoms with Gasteiger partial charge in [-0.05, 0) is 87.7 Å². The molecule has 4 heteroatoms. The van der Waals surface area contributed by atoms with Gasteiger partial charge in [-0.15, -0.1) is 0 Å².